The van der Waals surface area contributed by atoms with Crippen LogP contribution in [0.1, 0.15) is 6.42 Å². The van der Waals surface area contributed by atoms with Crippen LogP contribution in [0.5, 0.6) is 0 Å². The lowest BCUT2D eigenvalue weighted by molar-refractivity contribution is 0.582. The number of nitrogens with two attached hydrogens (primary N) is 1. The molecule has 1 aromatic rings. The summed E-state index contributed by atoms with van der Waals surface area (Å²) in [5, 5.41) is 8.13. The van der Waals surface area contributed by atoms with Crippen molar-refractivity contribution < 1.29 is 16.8 Å². The first-order valence-electron chi connectivity index (χ1n) is 6.30. The number of halogens is 1. The summed E-state index contributed by atoms with van der Waals surface area (Å²) in [7, 11) is -7.71. The van der Waals surface area contributed by atoms with E-state index in [0.717, 1.165) is 31.1 Å². The predicted molar refractivity (Wildman–Crippen MR) is 85.8 cm³/mol. The van der Waals surface area contributed by atoms with Gasteiger partial charge in [0, 0.05) is 13.1 Å². The molecule has 0 amide bonds. The molecule has 124 valence electrons. The molecule has 7 nitrogen and oxygen atoms in total. The number of rotatable bonds is 5. The third kappa shape index (κ3) is 5.04. The van der Waals surface area contributed by atoms with Crippen molar-refractivity contribution in [3.8, 4) is 0 Å². The van der Waals surface area contributed by atoms with E-state index in [4.69, 9.17) is 5.14 Å². The van der Waals surface area contributed by atoms with Gasteiger partial charge in [0.25, 0.3) is 0 Å². The van der Waals surface area contributed by atoms with Crippen LogP contribution >= 0.6 is 12.4 Å². The standard InChI is InChI=1S/C12H17N3O4S2.ClH/c13-20(16,17)11-2-1-3-12(8-11)21(18,19)15-9-10-4-6-14-7-5-10;/h1-4,8,14-15H,5-7,9H2,(H2,13,16,17);1H. The van der Waals surface area contributed by atoms with Crippen molar-refractivity contribution >= 4 is 32.5 Å². The van der Waals surface area contributed by atoms with Crippen molar-refractivity contribution in [2.24, 2.45) is 5.14 Å². The van der Waals surface area contributed by atoms with Crippen molar-refractivity contribution in [1.82, 2.24) is 10.0 Å². The molecular weight excluding hydrogens is 350 g/mol. The largest absolute Gasteiger partial charge is 0.313 e. The number of hydrogen-bond donors (Lipinski definition) is 3. The fourth-order valence-electron chi connectivity index (χ4n) is 1.92. The highest BCUT2D eigenvalue weighted by Gasteiger charge is 2.17. The van der Waals surface area contributed by atoms with Crippen LogP contribution in [0, 0.1) is 0 Å². The van der Waals surface area contributed by atoms with Crippen LogP contribution in [0.15, 0.2) is 45.7 Å². The molecular formula is C12H18ClN3O4S2. The average Bonchev–Trinajstić information content (AvgIpc) is 2.46. The van der Waals surface area contributed by atoms with Gasteiger partial charge in [-0.3, -0.25) is 0 Å². The number of nitrogens with one attached hydrogen (secondary N) is 2. The zero-order chi connectivity index (χ0) is 15.5. The molecule has 0 radical (unpaired) electrons. The number of hydrogen-bond acceptors (Lipinski definition) is 5. The lowest BCUT2D eigenvalue weighted by Gasteiger charge is -2.15. The minimum Gasteiger partial charge on any atom is -0.313 e. The number of sulfonamides is 2. The third-order valence-electron chi connectivity index (χ3n) is 3.09. The summed E-state index contributed by atoms with van der Waals surface area (Å²) in [5.74, 6) is 0. The topological polar surface area (TPSA) is 118 Å². The van der Waals surface area contributed by atoms with E-state index >= 15 is 0 Å². The summed E-state index contributed by atoms with van der Waals surface area (Å²) >= 11 is 0. The molecule has 0 unspecified atom stereocenters. The Balaban J connectivity index is 0.00000242. The van der Waals surface area contributed by atoms with Crippen molar-refractivity contribution in [2.75, 3.05) is 19.6 Å². The van der Waals surface area contributed by atoms with E-state index < -0.39 is 20.0 Å². The monoisotopic (exact) mass is 367 g/mol. The van der Waals surface area contributed by atoms with Gasteiger partial charge < -0.3 is 5.32 Å². The number of primary sulfonamides is 1. The lowest BCUT2D eigenvalue weighted by atomic mass is 10.1. The normalized spacial score (nSPS) is 15.8. The molecule has 0 atom stereocenters. The molecule has 22 heavy (non-hydrogen) atoms. The van der Waals surface area contributed by atoms with Crippen LogP contribution in [0.25, 0.3) is 0 Å². The molecule has 4 N–H and O–H groups in total. The summed E-state index contributed by atoms with van der Waals surface area (Å²) < 4.78 is 49.3. The molecule has 1 aliphatic rings. The maximum atomic E-state index is 12.2. The molecule has 0 saturated carbocycles. The fourth-order valence-corrected chi connectivity index (χ4v) is 3.64. The molecule has 10 heteroatoms. The Bertz CT molecular complexity index is 760. The van der Waals surface area contributed by atoms with Crippen LogP contribution in [-0.2, 0) is 20.0 Å². The summed E-state index contributed by atoms with van der Waals surface area (Å²) in [4.78, 5) is -0.352. The number of benzene rings is 1. The zero-order valence-corrected chi connectivity index (χ0v) is 14.1. The third-order valence-corrected chi connectivity index (χ3v) is 5.40. The Kier molecular flexibility index (Phi) is 6.53. The van der Waals surface area contributed by atoms with E-state index in [9.17, 15) is 16.8 Å². The predicted octanol–water partition coefficient (Wildman–Crippen LogP) is -0.0462. The van der Waals surface area contributed by atoms with Gasteiger partial charge in [-0.1, -0.05) is 17.7 Å². The van der Waals surface area contributed by atoms with Crippen molar-refractivity contribution in [2.45, 2.75) is 16.2 Å². The molecule has 1 heterocycles. The van der Waals surface area contributed by atoms with E-state index in [2.05, 4.69) is 10.0 Å². The first-order chi connectivity index (χ1) is 9.79. The molecule has 0 saturated heterocycles. The Morgan fingerprint density at radius 2 is 1.86 bits per heavy atom. The van der Waals surface area contributed by atoms with E-state index in [-0.39, 0.29) is 28.7 Å². The first kappa shape index (κ1) is 19.1. The highest BCUT2D eigenvalue weighted by molar-refractivity contribution is 7.90. The SMILES string of the molecule is Cl.NS(=O)(=O)c1cccc(S(=O)(=O)NCC2=CCNCC2)c1. The molecule has 1 aliphatic heterocycles. The molecule has 0 spiro atoms. The molecule has 2 rings (SSSR count). The van der Waals surface area contributed by atoms with Gasteiger partial charge in [-0.15, -0.1) is 12.4 Å². The van der Waals surface area contributed by atoms with Gasteiger partial charge in [-0.25, -0.2) is 26.7 Å². The Labute approximate surface area is 136 Å². The van der Waals surface area contributed by atoms with Gasteiger partial charge in [0.05, 0.1) is 9.79 Å². The van der Waals surface area contributed by atoms with Gasteiger partial charge in [-0.05, 0) is 31.2 Å². The van der Waals surface area contributed by atoms with Gasteiger partial charge >= 0.3 is 0 Å². The Hall–Kier alpha value is -0.970. The van der Waals surface area contributed by atoms with Crippen LogP contribution in [-0.4, -0.2) is 36.5 Å². The van der Waals surface area contributed by atoms with Gasteiger partial charge in [0.2, 0.25) is 20.0 Å². The highest BCUT2D eigenvalue weighted by atomic mass is 35.5. The zero-order valence-electron chi connectivity index (χ0n) is 11.7. The summed E-state index contributed by atoms with van der Waals surface area (Å²) in [6.07, 6.45) is 2.71. The van der Waals surface area contributed by atoms with Crippen LogP contribution in [0.3, 0.4) is 0 Å². The van der Waals surface area contributed by atoms with Crippen LogP contribution in [0.4, 0.5) is 0 Å². The fraction of sp³-hybridized carbons (Fsp3) is 0.333. The summed E-state index contributed by atoms with van der Waals surface area (Å²) in [6, 6.07) is 4.98. The minimum atomic E-state index is -3.93. The maximum absolute atomic E-state index is 12.2. The van der Waals surface area contributed by atoms with Crippen molar-refractivity contribution in [3.63, 3.8) is 0 Å². The Morgan fingerprint density at radius 3 is 2.45 bits per heavy atom. The maximum Gasteiger partial charge on any atom is 0.240 e. The van der Waals surface area contributed by atoms with Gasteiger partial charge in [0.1, 0.15) is 0 Å². The average molecular weight is 368 g/mol. The molecule has 1 aromatic carbocycles. The molecule has 0 fully saturated rings. The quantitative estimate of drug-likeness (QED) is 0.631. The molecule has 0 bridgehead atoms. The van der Waals surface area contributed by atoms with Crippen LogP contribution < -0.4 is 15.2 Å². The van der Waals surface area contributed by atoms with Crippen molar-refractivity contribution in [3.05, 3.63) is 35.9 Å². The minimum absolute atomic E-state index is 0. The van der Waals surface area contributed by atoms with E-state index in [1.807, 2.05) is 6.08 Å². The van der Waals surface area contributed by atoms with Gasteiger partial charge in [-0.2, -0.15) is 0 Å². The smallest absolute Gasteiger partial charge is 0.240 e. The highest BCUT2D eigenvalue weighted by Crippen LogP contribution is 2.15. The molecule has 0 aliphatic carbocycles. The van der Waals surface area contributed by atoms with Gasteiger partial charge in [0.15, 0.2) is 0 Å². The second-order valence-electron chi connectivity index (χ2n) is 4.66. The van der Waals surface area contributed by atoms with E-state index in [0.29, 0.717) is 0 Å². The summed E-state index contributed by atoms with van der Waals surface area (Å²) in [6.45, 7) is 1.75. The Morgan fingerprint density at radius 1 is 1.18 bits per heavy atom. The second-order valence-corrected chi connectivity index (χ2v) is 7.99. The first-order valence-corrected chi connectivity index (χ1v) is 9.33. The van der Waals surface area contributed by atoms with E-state index in [1.54, 1.807) is 0 Å². The summed E-state index contributed by atoms with van der Waals surface area (Å²) in [5.41, 5.74) is 1.000. The second kappa shape index (κ2) is 7.53. The molecule has 0 aromatic heterocycles. The lowest BCUT2D eigenvalue weighted by Crippen LogP contribution is -2.29. The van der Waals surface area contributed by atoms with Crippen LogP contribution in [0.2, 0.25) is 0 Å². The van der Waals surface area contributed by atoms with Crippen molar-refractivity contribution in [1.29, 1.82) is 0 Å². The van der Waals surface area contributed by atoms with E-state index in [1.165, 1.54) is 18.2 Å².